The number of benzene rings is 2. The van der Waals surface area contributed by atoms with Crippen LogP contribution in [-0.4, -0.2) is 35.4 Å². The molecule has 0 unspecified atom stereocenters. The highest BCUT2D eigenvalue weighted by Gasteiger charge is 2.31. The van der Waals surface area contributed by atoms with Crippen LogP contribution < -0.4 is 10.1 Å². The first-order valence-electron chi connectivity index (χ1n) is 12.1. The Balaban J connectivity index is 1.74. The highest BCUT2D eigenvalue weighted by Crippen LogP contribution is 2.22. The van der Waals surface area contributed by atoms with Crippen molar-refractivity contribution in [1.29, 1.82) is 0 Å². The molecule has 1 saturated carbocycles. The molecular formula is C27H35ClN2O3. The van der Waals surface area contributed by atoms with Crippen molar-refractivity contribution in [2.45, 2.75) is 77.4 Å². The average Bonchev–Trinajstić information content (AvgIpc) is 2.84. The molecule has 33 heavy (non-hydrogen) atoms. The smallest absolute Gasteiger partial charge is 0.261 e. The fourth-order valence-electron chi connectivity index (χ4n) is 4.32. The van der Waals surface area contributed by atoms with Crippen LogP contribution in [0.15, 0.2) is 48.5 Å². The lowest BCUT2D eigenvalue weighted by Crippen LogP contribution is -2.52. The number of halogens is 1. The molecule has 2 aromatic rings. The quantitative estimate of drug-likeness (QED) is 0.496. The van der Waals surface area contributed by atoms with E-state index >= 15 is 0 Å². The van der Waals surface area contributed by atoms with Gasteiger partial charge in [-0.05, 0) is 55.0 Å². The van der Waals surface area contributed by atoms with Crippen molar-refractivity contribution in [3.8, 4) is 5.75 Å². The third-order valence-electron chi connectivity index (χ3n) is 6.33. The van der Waals surface area contributed by atoms with E-state index in [0.717, 1.165) is 37.7 Å². The number of hydrogen-bond acceptors (Lipinski definition) is 3. The fourth-order valence-corrected chi connectivity index (χ4v) is 4.52. The Labute approximate surface area is 202 Å². The van der Waals surface area contributed by atoms with Gasteiger partial charge in [-0.3, -0.25) is 9.59 Å². The summed E-state index contributed by atoms with van der Waals surface area (Å²) in [5.74, 6) is 0.301. The van der Waals surface area contributed by atoms with Gasteiger partial charge >= 0.3 is 0 Å². The lowest BCUT2D eigenvalue weighted by Gasteiger charge is -2.33. The number of carbonyl (C=O) groups is 2. The average molecular weight is 471 g/mol. The number of rotatable bonds is 10. The Bertz CT molecular complexity index is 910. The monoisotopic (exact) mass is 470 g/mol. The van der Waals surface area contributed by atoms with Gasteiger partial charge in [-0.25, -0.2) is 0 Å². The summed E-state index contributed by atoms with van der Waals surface area (Å²) in [4.78, 5) is 28.2. The van der Waals surface area contributed by atoms with Crippen molar-refractivity contribution in [1.82, 2.24) is 10.2 Å². The highest BCUT2D eigenvalue weighted by atomic mass is 35.5. The summed E-state index contributed by atoms with van der Waals surface area (Å²) in [5.41, 5.74) is 2.02. The second-order valence-electron chi connectivity index (χ2n) is 8.67. The van der Waals surface area contributed by atoms with E-state index in [4.69, 9.17) is 16.3 Å². The fraction of sp³-hybridized carbons (Fsp3) is 0.481. The SMILES string of the molecule is CCc1ccc(OCC(=O)N(Cc2ccccc2Cl)[C@@H](CC)C(=O)NC2CCCCC2)cc1. The summed E-state index contributed by atoms with van der Waals surface area (Å²) in [6.45, 7) is 4.15. The molecule has 1 aliphatic rings. The number of nitrogens with one attached hydrogen (secondary N) is 1. The molecule has 0 saturated heterocycles. The molecule has 3 rings (SSSR count). The van der Waals surface area contributed by atoms with Gasteiger partial charge in [-0.2, -0.15) is 0 Å². The normalized spacial score (nSPS) is 15.0. The van der Waals surface area contributed by atoms with E-state index < -0.39 is 6.04 Å². The summed E-state index contributed by atoms with van der Waals surface area (Å²) in [6, 6.07) is 14.8. The van der Waals surface area contributed by atoms with Crippen LogP contribution in [0.5, 0.6) is 5.75 Å². The lowest BCUT2D eigenvalue weighted by atomic mass is 9.95. The predicted molar refractivity (Wildman–Crippen MR) is 132 cm³/mol. The van der Waals surface area contributed by atoms with Gasteiger partial charge in [0, 0.05) is 17.6 Å². The number of nitrogens with zero attached hydrogens (tertiary/aromatic N) is 1. The highest BCUT2D eigenvalue weighted by molar-refractivity contribution is 6.31. The molecule has 0 spiro atoms. The largest absolute Gasteiger partial charge is 0.484 e. The van der Waals surface area contributed by atoms with Crippen LogP contribution in [0, 0.1) is 0 Å². The van der Waals surface area contributed by atoms with Gasteiger partial charge in [0.2, 0.25) is 5.91 Å². The minimum atomic E-state index is -0.582. The number of carbonyl (C=O) groups excluding carboxylic acids is 2. The van der Waals surface area contributed by atoms with Gasteiger partial charge in [0.15, 0.2) is 6.61 Å². The molecule has 1 fully saturated rings. The van der Waals surface area contributed by atoms with E-state index in [9.17, 15) is 9.59 Å². The molecule has 1 aliphatic carbocycles. The topological polar surface area (TPSA) is 58.6 Å². The van der Waals surface area contributed by atoms with Crippen LogP contribution in [0.2, 0.25) is 5.02 Å². The first kappa shape index (κ1) is 25.1. The molecule has 2 amide bonds. The van der Waals surface area contributed by atoms with Gasteiger partial charge in [0.1, 0.15) is 11.8 Å². The van der Waals surface area contributed by atoms with Crippen molar-refractivity contribution < 1.29 is 14.3 Å². The lowest BCUT2D eigenvalue weighted by molar-refractivity contribution is -0.143. The Morgan fingerprint density at radius 3 is 2.39 bits per heavy atom. The molecule has 1 atom stereocenters. The van der Waals surface area contributed by atoms with E-state index in [2.05, 4.69) is 12.2 Å². The van der Waals surface area contributed by atoms with E-state index in [1.165, 1.54) is 12.0 Å². The molecule has 0 heterocycles. The molecule has 0 radical (unpaired) electrons. The Morgan fingerprint density at radius 1 is 1.06 bits per heavy atom. The first-order valence-corrected chi connectivity index (χ1v) is 12.4. The maximum absolute atomic E-state index is 13.3. The molecular weight excluding hydrogens is 436 g/mol. The second kappa shape index (κ2) is 12.6. The third-order valence-corrected chi connectivity index (χ3v) is 6.70. The van der Waals surface area contributed by atoms with Crippen molar-refractivity contribution >= 4 is 23.4 Å². The summed E-state index contributed by atoms with van der Waals surface area (Å²) in [6.07, 6.45) is 6.94. The van der Waals surface area contributed by atoms with Crippen molar-refractivity contribution in [3.63, 3.8) is 0 Å². The number of ether oxygens (including phenoxy) is 1. The van der Waals surface area contributed by atoms with Gasteiger partial charge in [0.25, 0.3) is 5.91 Å². The summed E-state index contributed by atoms with van der Waals surface area (Å²) < 4.78 is 5.78. The third kappa shape index (κ3) is 7.23. The standard InChI is InChI=1S/C27H35ClN2O3/c1-3-20-14-16-23(17-15-20)33-19-26(31)30(18-21-10-8-9-13-24(21)28)25(4-2)27(32)29-22-11-6-5-7-12-22/h8-10,13-17,22,25H,3-7,11-12,18-19H2,1-2H3,(H,29,32)/t25-/m0/s1. The van der Waals surface area contributed by atoms with Crippen molar-refractivity contribution in [3.05, 3.63) is 64.7 Å². The summed E-state index contributed by atoms with van der Waals surface area (Å²) in [5, 5.41) is 3.76. The molecule has 2 aromatic carbocycles. The Morgan fingerprint density at radius 2 is 1.76 bits per heavy atom. The van der Waals surface area contributed by atoms with Crippen LogP contribution >= 0.6 is 11.6 Å². The van der Waals surface area contributed by atoms with Gasteiger partial charge in [-0.15, -0.1) is 0 Å². The summed E-state index contributed by atoms with van der Waals surface area (Å²) in [7, 11) is 0. The molecule has 1 N–H and O–H groups in total. The van der Waals surface area contributed by atoms with Crippen molar-refractivity contribution in [2.75, 3.05) is 6.61 Å². The molecule has 6 heteroatoms. The minimum Gasteiger partial charge on any atom is -0.484 e. The van der Waals surface area contributed by atoms with Gasteiger partial charge in [0.05, 0.1) is 0 Å². The van der Waals surface area contributed by atoms with Crippen LogP contribution in [0.1, 0.15) is 63.5 Å². The number of aryl methyl sites for hydroxylation is 1. The zero-order valence-electron chi connectivity index (χ0n) is 19.7. The molecule has 5 nitrogen and oxygen atoms in total. The summed E-state index contributed by atoms with van der Waals surface area (Å²) >= 11 is 6.39. The molecule has 0 bridgehead atoms. The van der Waals surface area contributed by atoms with E-state index in [1.54, 1.807) is 11.0 Å². The van der Waals surface area contributed by atoms with E-state index in [1.807, 2.05) is 49.4 Å². The Hall–Kier alpha value is -2.53. The maximum atomic E-state index is 13.3. The van der Waals surface area contributed by atoms with E-state index in [-0.39, 0.29) is 31.0 Å². The number of hydrogen-bond donors (Lipinski definition) is 1. The zero-order valence-corrected chi connectivity index (χ0v) is 20.4. The second-order valence-corrected chi connectivity index (χ2v) is 9.07. The number of amides is 2. The minimum absolute atomic E-state index is 0.0999. The molecule has 178 valence electrons. The van der Waals surface area contributed by atoms with Crippen LogP contribution in [0.4, 0.5) is 0 Å². The molecule has 0 aliphatic heterocycles. The van der Waals surface area contributed by atoms with Crippen LogP contribution in [0.3, 0.4) is 0 Å². The van der Waals surface area contributed by atoms with Crippen LogP contribution in [-0.2, 0) is 22.6 Å². The van der Waals surface area contributed by atoms with Crippen molar-refractivity contribution in [2.24, 2.45) is 0 Å². The van der Waals surface area contributed by atoms with Gasteiger partial charge in [-0.1, -0.05) is 75.0 Å². The Kier molecular flexibility index (Phi) is 9.61. The van der Waals surface area contributed by atoms with E-state index in [0.29, 0.717) is 17.2 Å². The first-order chi connectivity index (χ1) is 16.0. The van der Waals surface area contributed by atoms with Gasteiger partial charge < -0.3 is 15.0 Å². The zero-order chi connectivity index (χ0) is 23.6. The van der Waals surface area contributed by atoms with Crippen LogP contribution in [0.25, 0.3) is 0 Å². The maximum Gasteiger partial charge on any atom is 0.261 e. The molecule has 0 aromatic heterocycles. The predicted octanol–water partition coefficient (Wildman–Crippen LogP) is 5.54.